The second kappa shape index (κ2) is 4.30. The Balaban J connectivity index is 1.97. The summed E-state index contributed by atoms with van der Waals surface area (Å²) in [5.41, 5.74) is 0. The van der Waals surface area contributed by atoms with Gasteiger partial charge in [-0.25, -0.2) is 9.59 Å². The van der Waals surface area contributed by atoms with Crippen LogP contribution in [0.2, 0.25) is 0 Å². The van der Waals surface area contributed by atoms with E-state index < -0.39 is 18.1 Å². The summed E-state index contributed by atoms with van der Waals surface area (Å²) in [6, 6.07) is -0.793. The molecule has 84 valence electrons. The van der Waals surface area contributed by atoms with Crippen LogP contribution in [0.4, 0.5) is 4.79 Å². The van der Waals surface area contributed by atoms with Crippen LogP contribution in [0, 0.1) is 0 Å². The van der Waals surface area contributed by atoms with E-state index in [9.17, 15) is 9.59 Å². The molecule has 0 radical (unpaired) electrons. The first-order valence-corrected chi connectivity index (χ1v) is 6.01. The third-order valence-corrected chi connectivity index (χ3v) is 4.07. The lowest BCUT2D eigenvalue weighted by Gasteiger charge is -2.21. The van der Waals surface area contributed by atoms with Crippen molar-refractivity contribution in [2.45, 2.75) is 24.1 Å². The van der Waals surface area contributed by atoms with Crippen molar-refractivity contribution in [3.05, 3.63) is 0 Å². The SMILES string of the molecule is O=C(O)C1COC(=O)N1CC1CCCS1. The summed E-state index contributed by atoms with van der Waals surface area (Å²) in [5, 5.41) is 9.27. The molecular formula is C9H13NO4S. The predicted octanol–water partition coefficient (Wildman–Crippen LogP) is 0.787. The number of rotatable bonds is 3. The number of nitrogens with zero attached hydrogens (tertiary/aromatic N) is 1. The van der Waals surface area contributed by atoms with E-state index >= 15 is 0 Å². The van der Waals surface area contributed by atoms with Gasteiger partial charge in [-0.2, -0.15) is 11.8 Å². The number of hydrogen-bond donors (Lipinski definition) is 1. The minimum Gasteiger partial charge on any atom is -0.480 e. The Morgan fingerprint density at radius 1 is 1.67 bits per heavy atom. The smallest absolute Gasteiger partial charge is 0.410 e. The standard InChI is InChI=1S/C9H13NO4S/c11-8(12)7-5-14-9(13)10(7)4-6-2-1-3-15-6/h6-7H,1-5H2,(H,11,12). The molecule has 0 aliphatic carbocycles. The maximum absolute atomic E-state index is 11.3. The van der Waals surface area contributed by atoms with Crippen LogP contribution in [-0.4, -0.2) is 52.3 Å². The summed E-state index contributed by atoms with van der Waals surface area (Å²) in [5.74, 6) is 0.120. The minimum atomic E-state index is -0.983. The van der Waals surface area contributed by atoms with E-state index in [1.807, 2.05) is 0 Å². The molecule has 0 saturated carbocycles. The molecule has 2 aliphatic heterocycles. The van der Waals surface area contributed by atoms with Gasteiger partial charge in [-0.3, -0.25) is 4.90 Å². The van der Waals surface area contributed by atoms with Crippen molar-refractivity contribution < 1.29 is 19.4 Å². The molecule has 2 fully saturated rings. The van der Waals surface area contributed by atoms with Crippen molar-refractivity contribution in [3.63, 3.8) is 0 Å². The van der Waals surface area contributed by atoms with E-state index in [0.717, 1.165) is 18.6 Å². The van der Waals surface area contributed by atoms with Crippen molar-refractivity contribution >= 4 is 23.8 Å². The highest BCUT2D eigenvalue weighted by molar-refractivity contribution is 8.00. The fourth-order valence-corrected chi connectivity index (χ4v) is 3.13. The monoisotopic (exact) mass is 231 g/mol. The Morgan fingerprint density at radius 3 is 3.07 bits per heavy atom. The zero-order chi connectivity index (χ0) is 10.8. The van der Waals surface area contributed by atoms with Crippen molar-refractivity contribution in [1.82, 2.24) is 4.90 Å². The van der Waals surface area contributed by atoms with Gasteiger partial charge in [0, 0.05) is 11.8 Å². The molecule has 15 heavy (non-hydrogen) atoms. The lowest BCUT2D eigenvalue weighted by Crippen LogP contribution is -2.42. The summed E-state index contributed by atoms with van der Waals surface area (Å²) in [7, 11) is 0. The summed E-state index contributed by atoms with van der Waals surface area (Å²) in [6.45, 7) is 0.478. The van der Waals surface area contributed by atoms with Gasteiger partial charge in [0.2, 0.25) is 0 Å². The van der Waals surface area contributed by atoms with Gasteiger partial charge in [0.15, 0.2) is 6.04 Å². The quantitative estimate of drug-likeness (QED) is 0.777. The second-order valence-electron chi connectivity index (χ2n) is 3.72. The average molecular weight is 231 g/mol. The number of carbonyl (C=O) groups is 2. The van der Waals surface area contributed by atoms with Gasteiger partial charge in [-0.15, -0.1) is 0 Å². The van der Waals surface area contributed by atoms with Crippen LogP contribution in [0.1, 0.15) is 12.8 Å². The molecule has 2 unspecified atom stereocenters. The van der Waals surface area contributed by atoms with E-state index in [0.29, 0.717) is 11.8 Å². The number of thioether (sulfide) groups is 1. The number of hydrogen-bond acceptors (Lipinski definition) is 4. The molecule has 0 spiro atoms. The van der Waals surface area contributed by atoms with Crippen LogP contribution in [0.5, 0.6) is 0 Å². The van der Waals surface area contributed by atoms with Crippen LogP contribution in [0.3, 0.4) is 0 Å². The normalized spacial score (nSPS) is 30.7. The topological polar surface area (TPSA) is 66.8 Å². The molecule has 2 saturated heterocycles. The molecule has 5 nitrogen and oxygen atoms in total. The molecule has 0 aromatic heterocycles. The Morgan fingerprint density at radius 2 is 2.47 bits per heavy atom. The number of carboxylic acids is 1. The van der Waals surface area contributed by atoms with Gasteiger partial charge >= 0.3 is 12.1 Å². The van der Waals surface area contributed by atoms with Crippen LogP contribution in [-0.2, 0) is 9.53 Å². The van der Waals surface area contributed by atoms with Crippen LogP contribution in [0.15, 0.2) is 0 Å². The number of carbonyl (C=O) groups excluding carboxylic acids is 1. The van der Waals surface area contributed by atoms with E-state index in [2.05, 4.69) is 0 Å². The molecule has 1 N–H and O–H groups in total. The first-order valence-electron chi connectivity index (χ1n) is 4.96. The summed E-state index contributed by atoms with van der Waals surface area (Å²) < 4.78 is 4.75. The molecule has 2 atom stereocenters. The molecule has 0 aromatic rings. The van der Waals surface area contributed by atoms with Gasteiger partial charge in [-0.1, -0.05) is 0 Å². The average Bonchev–Trinajstić information content (AvgIpc) is 2.78. The number of aliphatic carboxylic acids is 1. The fraction of sp³-hybridized carbons (Fsp3) is 0.778. The van der Waals surface area contributed by atoms with E-state index in [-0.39, 0.29) is 6.61 Å². The third-order valence-electron chi connectivity index (χ3n) is 2.68. The summed E-state index contributed by atoms with van der Waals surface area (Å²) in [4.78, 5) is 23.5. The predicted molar refractivity (Wildman–Crippen MR) is 55.0 cm³/mol. The van der Waals surface area contributed by atoms with Crippen molar-refractivity contribution in [2.75, 3.05) is 18.9 Å². The number of amides is 1. The molecule has 2 rings (SSSR count). The van der Waals surface area contributed by atoms with Gasteiger partial charge in [0.05, 0.1) is 0 Å². The van der Waals surface area contributed by atoms with Gasteiger partial charge < -0.3 is 9.84 Å². The molecule has 1 amide bonds. The lowest BCUT2D eigenvalue weighted by molar-refractivity contribution is -0.141. The van der Waals surface area contributed by atoms with Crippen molar-refractivity contribution in [1.29, 1.82) is 0 Å². The maximum Gasteiger partial charge on any atom is 0.410 e. The van der Waals surface area contributed by atoms with Crippen molar-refractivity contribution in [2.24, 2.45) is 0 Å². The van der Waals surface area contributed by atoms with E-state index in [1.165, 1.54) is 4.90 Å². The molecular weight excluding hydrogens is 218 g/mol. The van der Waals surface area contributed by atoms with E-state index in [1.54, 1.807) is 11.8 Å². The zero-order valence-electron chi connectivity index (χ0n) is 8.22. The maximum atomic E-state index is 11.3. The molecule has 0 bridgehead atoms. The Hall–Kier alpha value is -0.910. The first-order chi connectivity index (χ1) is 7.18. The van der Waals surface area contributed by atoms with E-state index in [4.69, 9.17) is 9.84 Å². The van der Waals surface area contributed by atoms with Crippen LogP contribution in [0.25, 0.3) is 0 Å². The van der Waals surface area contributed by atoms with Crippen molar-refractivity contribution in [3.8, 4) is 0 Å². The third kappa shape index (κ3) is 2.19. The largest absolute Gasteiger partial charge is 0.480 e. The van der Waals surface area contributed by atoms with Gasteiger partial charge in [-0.05, 0) is 18.6 Å². The number of cyclic esters (lactones) is 1. The Labute approximate surface area is 91.8 Å². The highest BCUT2D eigenvalue weighted by Gasteiger charge is 2.39. The molecule has 2 heterocycles. The highest BCUT2D eigenvalue weighted by Crippen LogP contribution is 2.28. The second-order valence-corrected chi connectivity index (χ2v) is 5.13. The number of ether oxygens (including phenoxy) is 1. The van der Waals surface area contributed by atoms with Gasteiger partial charge in [0.1, 0.15) is 6.61 Å². The highest BCUT2D eigenvalue weighted by atomic mass is 32.2. The lowest BCUT2D eigenvalue weighted by atomic mass is 10.2. The molecule has 0 aromatic carbocycles. The summed E-state index contributed by atoms with van der Waals surface area (Å²) >= 11 is 1.80. The Kier molecular flexibility index (Phi) is 3.04. The Bertz CT molecular complexity index is 277. The molecule has 6 heteroatoms. The van der Waals surface area contributed by atoms with Crippen LogP contribution < -0.4 is 0 Å². The van der Waals surface area contributed by atoms with Crippen LogP contribution >= 0.6 is 11.8 Å². The minimum absolute atomic E-state index is 0.0223. The summed E-state index contributed by atoms with van der Waals surface area (Å²) in [6.07, 6.45) is 1.71. The zero-order valence-corrected chi connectivity index (χ0v) is 9.03. The fourth-order valence-electron chi connectivity index (χ4n) is 1.86. The first kappa shape index (κ1) is 10.6. The van der Waals surface area contributed by atoms with Gasteiger partial charge in [0.25, 0.3) is 0 Å². The number of carboxylic acid groups (broad SMARTS) is 1. The molecule has 2 aliphatic rings.